The fourth-order valence-electron chi connectivity index (χ4n) is 1.85. The molecular formula is C16H16F4N2OS. The van der Waals surface area contributed by atoms with E-state index in [0.717, 1.165) is 0 Å². The zero-order valence-corrected chi connectivity index (χ0v) is 14.1. The second-order valence-electron chi connectivity index (χ2n) is 6.12. The fraction of sp³-hybridized carbons (Fsp3) is 0.312. The van der Waals surface area contributed by atoms with Crippen LogP contribution in [0.15, 0.2) is 24.3 Å². The molecular weight excluding hydrogens is 344 g/mol. The average Bonchev–Trinajstić information content (AvgIpc) is 2.49. The van der Waals surface area contributed by atoms with Crippen LogP contribution in [0.2, 0.25) is 0 Å². The van der Waals surface area contributed by atoms with Crippen LogP contribution in [0.3, 0.4) is 0 Å². The van der Waals surface area contributed by atoms with E-state index in [2.05, 4.69) is 10.3 Å². The number of anilines is 2. The average molecular weight is 360 g/mol. The summed E-state index contributed by atoms with van der Waals surface area (Å²) in [4.78, 5) is 2.50. The lowest BCUT2D eigenvalue weighted by Gasteiger charge is -2.18. The summed E-state index contributed by atoms with van der Waals surface area (Å²) in [5.41, 5.74) is -0.0978. The van der Waals surface area contributed by atoms with Crippen LogP contribution in [0.5, 0.6) is 0 Å². The predicted molar refractivity (Wildman–Crippen MR) is 85.4 cm³/mol. The van der Waals surface area contributed by atoms with Crippen molar-refractivity contribution in [3.05, 3.63) is 53.4 Å². The minimum atomic E-state index is -1.73. The van der Waals surface area contributed by atoms with Gasteiger partial charge in [0.05, 0.1) is 0 Å². The summed E-state index contributed by atoms with van der Waals surface area (Å²) < 4.78 is 65.3. The molecule has 0 aliphatic carbocycles. The summed E-state index contributed by atoms with van der Waals surface area (Å²) in [6, 6.07) is 6.27. The first-order valence-corrected chi connectivity index (χ1v) is 8.36. The number of aromatic nitrogens is 1. The van der Waals surface area contributed by atoms with Crippen LogP contribution < -0.4 is 5.32 Å². The lowest BCUT2D eigenvalue weighted by Crippen LogP contribution is -2.22. The molecule has 0 saturated carbocycles. The molecule has 0 amide bonds. The molecule has 1 heterocycles. The third-order valence-corrected chi connectivity index (χ3v) is 5.14. The summed E-state index contributed by atoms with van der Waals surface area (Å²) in [5.74, 6) is -6.46. The maximum Gasteiger partial charge on any atom is 0.253 e. The second kappa shape index (κ2) is 6.88. The maximum atomic E-state index is 13.6. The lowest BCUT2D eigenvalue weighted by atomic mass is 10.2. The monoisotopic (exact) mass is 360 g/mol. The van der Waals surface area contributed by atoms with Gasteiger partial charge in [0.2, 0.25) is 11.6 Å². The van der Waals surface area contributed by atoms with Crippen LogP contribution in [0.4, 0.5) is 28.9 Å². The van der Waals surface area contributed by atoms with Crippen molar-refractivity contribution in [2.24, 2.45) is 0 Å². The van der Waals surface area contributed by atoms with Crippen molar-refractivity contribution in [1.82, 2.24) is 4.98 Å². The number of benzene rings is 1. The highest BCUT2D eigenvalue weighted by Gasteiger charge is 2.22. The van der Waals surface area contributed by atoms with E-state index in [-0.39, 0.29) is 11.4 Å². The number of nitrogens with zero attached hydrogens (tertiary/aromatic N) is 1. The Bertz CT molecular complexity index is 764. The van der Waals surface area contributed by atoms with E-state index in [1.54, 1.807) is 12.1 Å². The Labute approximate surface area is 139 Å². The summed E-state index contributed by atoms with van der Waals surface area (Å²) in [5, 5.41) is 2.31. The smallest absolute Gasteiger partial charge is 0.253 e. The number of hydrogen-bond acceptors (Lipinski definition) is 3. The van der Waals surface area contributed by atoms with Crippen molar-refractivity contribution in [2.45, 2.75) is 31.3 Å². The third kappa shape index (κ3) is 4.11. The highest BCUT2D eigenvalue weighted by Crippen LogP contribution is 2.27. The molecule has 0 fully saturated rings. The lowest BCUT2D eigenvalue weighted by molar-refractivity contribution is 0.411. The van der Waals surface area contributed by atoms with Gasteiger partial charge in [0, 0.05) is 27.0 Å². The first-order valence-electron chi connectivity index (χ1n) is 7.04. The molecule has 0 radical (unpaired) electrons. The molecule has 1 aromatic heterocycles. The van der Waals surface area contributed by atoms with Gasteiger partial charge in [-0.25, -0.2) is 0 Å². The normalized spacial score (nSPS) is 13.0. The van der Waals surface area contributed by atoms with E-state index in [1.165, 1.54) is 12.1 Å². The number of pyridine rings is 1. The molecule has 0 spiro atoms. The topological polar surface area (TPSA) is 42.0 Å². The van der Waals surface area contributed by atoms with E-state index >= 15 is 0 Å². The zero-order chi connectivity index (χ0) is 18.1. The van der Waals surface area contributed by atoms with Crippen LogP contribution in [0.25, 0.3) is 0 Å². The van der Waals surface area contributed by atoms with Gasteiger partial charge in [-0.1, -0.05) is 12.1 Å². The summed E-state index contributed by atoms with van der Waals surface area (Å²) >= 11 is 0. The molecule has 0 bridgehead atoms. The minimum Gasteiger partial charge on any atom is -0.350 e. The van der Waals surface area contributed by atoms with Crippen molar-refractivity contribution in [3.8, 4) is 0 Å². The van der Waals surface area contributed by atoms with E-state index in [9.17, 15) is 21.8 Å². The highest BCUT2D eigenvalue weighted by atomic mass is 32.2. The Balaban J connectivity index is 2.30. The van der Waals surface area contributed by atoms with Gasteiger partial charge in [0.15, 0.2) is 0 Å². The maximum absolute atomic E-state index is 13.6. The molecule has 1 atom stereocenters. The third-order valence-electron chi connectivity index (χ3n) is 3.17. The molecule has 0 aliphatic heterocycles. The van der Waals surface area contributed by atoms with Gasteiger partial charge in [-0.05, 0) is 38.5 Å². The Kier molecular flexibility index (Phi) is 5.27. The van der Waals surface area contributed by atoms with Gasteiger partial charge in [-0.15, -0.1) is 0 Å². The van der Waals surface area contributed by atoms with Crippen molar-refractivity contribution in [2.75, 3.05) is 5.32 Å². The number of halogens is 4. The van der Waals surface area contributed by atoms with Gasteiger partial charge in [-0.2, -0.15) is 22.5 Å². The SMILES string of the molecule is CC(C)(C)S(=O)Cc1cccc(Nc2c(F)c(F)nc(F)c2F)c1. The molecule has 8 heteroatoms. The summed E-state index contributed by atoms with van der Waals surface area (Å²) in [6.07, 6.45) is 0. The second-order valence-corrected chi connectivity index (χ2v) is 8.33. The molecule has 1 unspecified atom stereocenters. The van der Waals surface area contributed by atoms with Crippen molar-refractivity contribution in [1.29, 1.82) is 0 Å². The van der Waals surface area contributed by atoms with Crippen LogP contribution in [0.1, 0.15) is 26.3 Å². The zero-order valence-electron chi connectivity index (χ0n) is 13.3. The Morgan fingerprint density at radius 3 is 2.21 bits per heavy atom. The predicted octanol–water partition coefficient (Wildman–Crippen LogP) is 4.43. The summed E-state index contributed by atoms with van der Waals surface area (Å²) in [6.45, 7) is 5.50. The van der Waals surface area contributed by atoms with Gasteiger partial charge in [0.1, 0.15) is 5.69 Å². The molecule has 0 aliphatic rings. The van der Waals surface area contributed by atoms with Crippen molar-refractivity contribution < 1.29 is 21.8 Å². The quantitative estimate of drug-likeness (QED) is 0.648. The molecule has 1 N–H and O–H groups in total. The van der Waals surface area contributed by atoms with Crippen LogP contribution in [-0.4, -0.2) is 13.9 Å². The highest BCUT2D eigenvalue weighted by molar-refractivity contribution is 7.85. The number of hydrogen-bond donors (Lipinski definition) is 1. The van der Waals surface area contributed by atoms with Crippen molar-refractivity contribution >= 4 is 22.2 Å². The van der Waals surface area contributed by atoms with Gasteiger partial charge in [-0.3, -0.25) is 4.21 Å². The van der Waals surface area contributed by atoms with Crippen LogP contribution in [-0.2, 0) is 16.6 Å². The molecule has 3 nitrogen and oxygen atoms in total. The Morgan fingerprint density at radius 1 is 1.08 bits per heavy atom. The van der Waals surface area contributed by atoms with Crippen molar-refractivity contribution in [3.63, 3.8) is 0 Å². The Hall–Kier alpha value is -1.96. The molecule has 2 rings (SSSR count). The molecule has 130 valence electrons. The first-order chi connectivity index (χ1) is 11.1. The minimum absolute atomic E-state index is 0.209. The largest absolute Gasteiger partial charge is 0.350 e. The standard InChI is InChI=1S/C16H16F4N2OS/c1-16(2,3)24(23)8-9-5-4-6-10(7-9)21-13-11(17)14(19)22-15(20)12(13)18/h4-7H,8H2,1-3H3,(H,21,22). The first kappa shape index (κ1) is 18.4. The Morgan fingerprint density at radius 2 is 1.67 bits per heavy atom. The fourth-order valence-corrected chi connectivity index (χ4v) is 2.76. The van der Waals surface area contributed by atoms with Crippen LogP contribution >= 0.6 is 0 Å². The van der Waals surface area contributed by atoms with E-state index in [0.29, 0.717) is 5.56 Å². The number of nitrogens with one attached hydrogen (secondary N) is 1. The van der Waals surface area contributed by atoms with E-state index in [1.807, 2.05) is 20.8 Å². The molecule has 0 saturated heterocycles. The summed E-state index contributed by atoms with van der Waals surface area (Å²) in [7, 11) is -1.17. The van der Waals surface area contributed by atoms with E-state index < -0.39 is 44.8 Å². The van der Waals surface area contributed by atoms with E-state index in [4.69, 9.17) is 0 Å². The van der Waals surface area contributed by atoms with Gasteiger partial charge < -0.3 is 5.32 Å². The van der Waals surface area contributed by atoms with Crippen LogP contribution in [0, 0.1) is 23.5 Å². The molecule has 1 aromatic carbocycles. The molecule has 2 aromatic rings. The number of rotatable bonds is 4. The van der Waals surface area contributed by atoms with Gasteiger partial charge in [0.25, 0.3) is 11.9 Å². The molecule has 24 heavy (non-hydrogen) atoms. The van der Waals surface area contributed by atoms with Gasteiger partial charge >= 0.3 is 0 Å².